The zero-order valence-electron chi connectivity index (χ0n) is 65.9. The van der Waals surface area contributed by atoms with Gasteiger partial charge in [0.15, 0.2) is 18.0 Å². The number of likely N-dealkylation sites (N-methyl/N-ethyl adjacent to an activating group) is 2. The van der Waals surface area contributed by atoms with E-state index in [0.717, 1.165) is 11.8 Å². The van der Waals surface area contributed by atoms with Crippen LogP contribution in [-0.2, 0) is 88.0 Å². The van der Waals surface area contributed by atoms with Crippen LogP contribution in [0.2, 0.25) is 0 Å². The molecule has 0 aliphatic rings. The van der Waals surface area contributed by atoms with Gasteiger partial charge >= 0.3 is 5.91 Å². The van der Waals surface area contributed by atoms with E-state index in [0.29, 0.717) is 33.3 Å². The number of fused-ring (bicyclic) bond motifs is 1. The van der Waals surface area contributed by atoms with Gasteiger partial charge in [-0.3, -0.25) is 72.8 Å². The van der Waals surface area contributed by atoms with Crippen molar-refractivity contribution >= 4 is 99.6 Å². The van der Waals surface area contributed by atoms with Crippen molar-refractivity contribution in [1.29, 1.82) is 10.8 Å². The van der Waals surface area contributed by atoms with E-state index in [1.54, 1.807) is 69.6 Å². The Kier molecular flexibility index (Phi) is 34.8. The predicted molar refractivity (Wildman–Crippen MR) is 420 cm³/mol. The van der Waals surface area contributed by atoms with Crippen LogP contribution >= 0.6 is 0 Å². The number of aromatic nitrogens is 3. The third kappa shape index (κ3) is 28.2. The van der Waals surface area contributed by atoms with Gasteiger partial charge in [0.05, 0.1) is 38.6 Å². The normalized spacial score (nSPS) is 14.9. The number of benzene rings is 3. The Hall–Kier alpha value is -12.2. The van der Waals surface area contributed by atoms with Crippen LogP contribution in [-0.4, -0.2) is 229 Å². The minimum atomic E-state index is -2.14. The highest BCUT2D eigenvalue weighted by Gasteiger charge is 2.48. The fourth-order valence-corrected chi connectivity index (χ4v) is 12.9. The van der Waals surface area contributed by atoms with Crippen LogP contribution < -0.4 is 81.8 Å². The lowest BCUT2D eigenvalue weighted by Crippen LogP contribution is -2.67. The number of para-hydroxylation sites is 1. The minimum absolute atomic E-state index is 0.0178. The molecule has 0 aliphatic carbocycles. The molecule has 0 saturated carbocycles. The Labute approximate surface area is 660 Å². The molecule has 2 aromatic heterocycles. The molecule has 0 radical (unpaired) electrons. The molecule has 3 aromatic carbocycles. The smallest absolute Gasteiger partial charge is 0.336 e. The first-order chi connectivity index (χ1) is 53.5. The van der Waals surface area contributed by atoms with E-state index in [9.17, 15) is 68.1 Å². The van der Waals surface area contributed by atoms with Gasteiger partial charge in [-0.15, -0.1) is 0 Å². The van der Waals surface area contributed by atoms with Gasteiger partial charge in [-0.2, -0.15) is 0 Å². The Morgan fingerprint density at radius 2 is 1.12 bits per heavy atom. The lowest BCUT2D eigenvalue weighted by Gasteiger charge is -2.40. The standard InChI is InChI=1S/C76H112N22O16/c1-40(2)31-54(92-67(108)55(33-44-19-23-48(100)24-20-44)91-64(105)42(5)32-47-38-84-39-88-47)66(107)93-56(35-60(78)103)68(109)96-76(7,36-46-37-87-51-16-12-11-15-50(46)51)73(114)95-61(41(3)4)69(110)94-62(43(6)99)70(111)89-52(17-13-29-85-74(80)81)65(106)90-53(27-28-59(77)102)72(113)98(9,10)58(18-14-30-86-75(82)83)71(112)97(8)57(63(79)104)34-45-21-25-49(101)26-22-45/h11-12,15-16,19-26,37-43,52-58,61-62,87,99H,13-14,17-18,27-36H2,1-10H3,(H24-,77,78,79,80,81,82,83,84,85,86,88,89,90,91,92,93,94,95,96,100,101,102,103,104,105,106,107,108,109,110,111,114)/p+1/t42?,43-,52+,53?,54?,55+,56+,57?,58+,61+,62+,76?/m1/s1. The van der Waals surface area contributed by atoms with Gasteiger partial charge in [0, 0.05) is 87.9 Å². The summed E-state index contributed by atoms with van der Waals surface area (Å²) in [6.45, 7) is 10.7. The van der Waals surface area contributed by atoms with Gasteiger partial charge in [-0.25, -0.2) is 9.78 Å². The molecule has 38 nitrogen and oxygen atoms in total. The molecule has 5 unspecified atom stereocenters. The number of guanidine groups is 2. The Balaban J connectivity index is 1.45. The molecule has 0 fully saturated rings. The van der Waals surface area contributed by atoms with E-state index in [1.165, 1.54) is 84.6 Å². The van der Waals surface area contributed by atoms with Crippen LogP contribution in [0.15, 0.2) is 91.5 Å². The number of phenols is 2. The molecule has 12 atom stereocenters. The third-order valence-corrected chi connectivity index (χ3v) is 19.3. The number of rotatable bonds is 46. The van der Waals surface area contributed by atoms with E-state index < -0.39 is 190 Å². The number of aliphatic hydroxyl groups excluding tert-OH is 1. The van der Waals surface area contributed by atoms with E-state index in [2.05, 4.69) is 68.1 Å². The summed E-state index contributed by atoms with van der Waals surface area (Å²) in [5.74, 6) is -15.1. The number of primary amides is 3. The van der Waals surface area contributed by atoms with Gasteiger partial charge in [-0.05, 0) is 105 Å². The second-order valence-corrected chi connectivity index (χ2v) is 30.0. The van der Waals surface area contributed by atoms with Crippen LogP contribution in [0.4, 0.5) is 0 Å². The van der Waals surface area contributed by atoms with Crippen LogP contribution in [0.1, 0.15) is 122 Å². The summed E-state index contributed by atoms with van der Waals surface area (Å²) >= 11 is 0. The van der Waals surface area contributed by atoms with Crippen molar-refractivity contribution in [2.24, 2.45) is 46.4 Å². The maximum absolute atomic E-state index is 15.3. The second-order valence-electron chi connectivity index (χ2n) is 30.0. The largest absolute Gasteiger partial charge is 0.508 e. The SMILES string of the molecule is CC(C)CC(NC(=O)[C@H](Cc1ccc(O)cc1)NC(=O)C(C)Cc1c[nH]cn1)C(=O)N[C@@H](CC(N)=O)C(=O)NC(C)(Cc1c[nH]c2ccccc12)C(=O)N[C@H](C(=O)N[C@H](C(=O)N[C@@H](CCCNC(=N)N)C(=O)NC(CCC(N)=O)C(=O)[N+](C)(C)[C@@H](CCCNC(=N)N)C(=O)N(C)C(Cc1ccc(O)cc1)C(N)=O)[C@@H](C)O)C(C)C. The number of quaternary nitrogens is 1. The van der Waals surface area contributed by atoms with Crippen molar-refractivity contribution in [3.8, 4) is 11.5 Å². The zero-order valence-corrected chi connectivity index (χ0v) is 65.9. The van der Waals surface area contributed by atoms with Crippen LogP contribution in [0.5, 0.6) is 11.5 Å². The number of H-pyrrole nitrogens is 2. The number of carbonyl (C=O) groups is 13. The molecule has 2 heterocycles. The fourth-order valence-electron chi connectivity index (χ4n) is 12.9. The molecule has 622 valence electrons. The zero-order chi connectivity index (χ0) is 85.1. The number of nitrogens with zero attached hydrogens (tertiary/aromatic N) is 3. The molecule has 13 amide bonds. The lowest BCUT2D eigenvalue weighted by molar-refractivity contribution is -0.832. The lowest BCUT2D eigenvalue weighted by atomic mass is 9.89. The monoisotopic (exact) mass is 1590 g/mol. The van der Waals surface area contributed by atoms with Gasteiger partial charge in [0.2, 0.25) is 65.0 Å². The number of hydrogen-bond acceptors (Lipinski definition) is 19. The average Bonchev–Trinajstić information content (AvgIpc) is 1.59. The van der Waals surface area contributed by atoms with Gasteiger partial charge in [0.1, 0.15) is 65.4 Å². The first-order valence-corrected chi connectivity index (χ1v) is 37.4. The molecule has 0 spiro atoms. The fraction of sp³-hybridized carbons (Fsp3) is 0.500. The minimum Gasteiger partial charge on any atom is -0.508 e. The van der Waals surface area contributed by atoms with Crippen molar-refractivity contribution in [2.45, 2.75) is 192 Å². The van der Waals surface area contributed by atoms with E-state index in [4.69, 9.17) is 39.5 Å². The number of aromatic hydroxyl groups is 2. The summed E-state index contributed by atoms with van der Waals surface area (Å²) in [4.78, 5) is 197. The summed E-state index contributed by atoms with van der Waals surface area (Å²) in [5.41, 5.74) is 28.9. The summed E-state index contributed by atoms with van der Waals surface area (Å²) < 4.78 is -0.864. The summed E-state index contributed by atoms with van der Waals surface area (Å²) in [6, 6.07) is 4.54. The van der Waals surface area contributed by atoms with Crippen molar-refractivity contribution < 1.29 is 82.1 Å². The number of aromatic amines is 2. The molecule has 0 saturated heterocycles. The number of imidazole rings is 1. The van der Waals surface area contributed by atoms with Gasteiger partial charge in [-0.1, -0.05) is 77.1 Å². The summed E-state index contributed by atoms with van der Waals surface area (Å²) in [6.07, 6.45) is 0.365. The molecular weight excluding hydrogens is 1480 g/mol. The van der Waals surface area contributed by atoms with Crippen LogP contribution in [0.25, 0.3) is 10.9 Å². The number of carbonyl (C=O) groups excluding carboxylic acids is 13. The van der Waals surface area contributed by atoms with Gasteiger partial charge < -0.3 is 112 Å². The maximum atomic E-state index is 15.3. The van der Waals surface area contributed by atoms with Crippen molar-refractivity contribution in [3.63, 3.8) is 0 Å². The molecule has 5 rings (SSSR count). The number of phenolic OH excluding ortho intramolecular Hbond substituents is 2. The number of hydrogen-bond donors (Lipinski definition) is 22. The predicted octanol–water partition coefficient (Wildman–Crippen LogP) is -2.49. The van der Waals surface area contributed by atoms with Crippen LogP contribution in [0.3, 0.4) is 0 Å². The first-order valence-electron chi connectivity index (χ1n) is 37.4. The highest BCUT2D eigenvalue weighted by molar-refractivity contribution is 6.01. The Bertz CT molecular complexity index is 4190. The van der Waals surface area contributed by atoms with Gasteiger partial charge in [0.25, 0.3) is 5.91 Å². The number of nitrogens with one attached hydrogen (secondary N) is 14. The van der Waals surface area contributed by atoms with Crippen molar-refractivity contribution in [3.05, 3.63) is 114 Å². The topological polar surface area (TPSA) is 628 Å². The quantitative estimate of drug-likeness (QED) is 0.00829. The summed E-state index contributed by atoms with van der Waals surface area (Å²) in [5, 5.41) is 73.5. The second kappa shape index (κ2) is 43.0. The Morgan fingerprint density at radius 3 is 1.67 bits per heavy atom. The Morgan fingerprint density at radius 1 is 0.588 bits per heavy atom. The maximum Gasteiger partial charge on any atom is 0.336 e. The number of amides is 13. The molecule has 27 N–H and O–H groups in total. The molecular formula is C76H113N22O16+. The molecule has 0 bridgehead atoms. The molecule has 5 aromatic rings. The number of aliphatic hydroxyl groups is 1. The van der Waals surface area contributed by atoms with Crippen LogP contribution in [0, 0.1) is 28.6 Å². The van der Waals surface area contributed by atoms with E-state index in [1.807, 2.05) is 0 Å². The first kappa shape index (κ1) is 92.4. The molecule has 114 heavy (non-hydrogen) atoms. The van der Waals surface area contributed by atoms with Crippen molar-refractivity contribution in [2.75, 3.05) is 34.2 Å². The average molecular weight is 1590 g/mol. The third-order valence-electron chi connectivity index (χ3n) is 19.3. The molecule has 38 heteroatoms. The highest BCUT2D eigenvalue weighted by atomic mass is 16.3. The van der Waals surface area contributed by atoms with E-state index in [-0.39, 0.29) is 88.3 Å². The number of nitrogens with two attached hydrogens (primary N) is 5. The van der Waals surface area contributed by atoms with Crippen molar-refractivity contribution in [1.82, 2.24) is 73.0 Å². The summed E-state index contributed by atoms with van der Waals surface area (Å²) in [7, 11) is 4.02. The van der Waals surface area contributed by atoms with E-state index >= 15 is 9.59 Å². The molecule has 0 aliphatic heterocycles. The highest BCUT2D eigenvalue weighted by Crippen LogP contribution is 2.26.